The fraction of sp³-hybridized carbons (Fsp3) is 0.167. The molecule has 0 amide bonds. The van der Waals surface area contributed by atoms with Gasteiger partial charge in [-0.2, -0.15) is 0 Å². The molecule has 0 aliphatic rings. The molecule has 0 saturated carbocycles. The number of aromatic nitrogens is 1. The van der Waals surface area contributed by atoms with E-state index in [4.69, 9.17) is 4.74 Å². The summed E-state index contributed by atoms with van der Waals surface area (Å²) in [7, 11) is 0. The average Bonchev–Trinajstić information content (AvgIpc) is 2.70. The van der Waals surface area contributed by atoms with Gasteiger partial charge in [0.15, 0.2) is 0 Å². The van der Waals surface area contributed by atoms with E-state index in [-0.39, 0.29) is 18.1 Å². The molecule has 2 rings (SSSR count). The van der Waals surface area contributed by atoms with Gasteiger partial charge in [-0.1, -0.05) is 12.7 Å². The summed E-state index contributed by atoms with van der Waals surface area (Å²) in [4.78, 5) is 17.1. The number of fused-ring (bicyclic) bond motifs is 1. The summed E-state index contributed by atoms with van der Waals surface area (Å²) in [5, 5.41) is 10.5. The molecule has 0 aromatic carbocycles. The van der Waals surface area contributed by atoms with Crippen LogP contribution in [0.25, 0.3) is 16.3 Å². The zero-order valence-electron chi connectivity index (χ0n) is 9.27. The third-order valence-corrected chi connectivity index (χ3v) is 3.24. The first-order valence-electron chi connectivity index (χ1n) is 5.08. The maximum Gasteiger partial charge on any atom is 0.343 e. The molecule has 0 atom stereocenters. The Morgan fingerprint density at radius 2 is 2.41 bits per heavy atom. The third kappa shape index (κ3) is 2.14. The normalized spacial score (nSPS) is 10.4. The first-order chi connectivity index (χ1) is 8.15. The number of thiophene rings is 1. The van der Waals surface area contributed by atoms with Gasteiger partial charge in [0.25, 0.3) is 0 Å². The number of rotatable bonds is 3. The van der Waals surface area contributed by atoms with Gasteiger partial charge in [0, 0.05) is 10.3 Å². The monoisotopic (exact) mass is 249 g/mol. The van der Waals surface area contributed by atoms with Crippen LogP contribution >= 0.6 is 11.3 Å². The molecule has 0 bridgehead atoms. The van der Waals surface area contributed by atoms with Crippen molar-refractivity contribution in [1.82, 2.24) is 4.98 Å². The molecular formula is C12H11NO3S. The Kier molecular flexibility index (Phi) is 3.10. The van der Waals surface area contributed by atoms with Crippen molar-refractivity contribution >= 4 is 33.6 Å². The fourth-order valence-electron chi connectivity index (χ4n) is 1.44. The van der Waals surface area contributed by atoms with Crippen LogP contribution < -0.4 is 0 Å². The van der Waals surface area contributed by atoms with Gasteiger partial charge in [-0.3, -0.25) is 0 Å². The lowest BCUT2D eigenvalue weighted by Gasteiger charge is -2.03. The van der Waals surface area contributed by atoms with Crippen molar-refractivity contribution in [2.45, 2.75) is 6.92 Å². The molecule has 2 aromatic rings. The highest BCUT2D eigenvalue weighted by Gasteiger charge is 2.15. The smallest absolute Gasteiger partial charge is 0.343 e. The Bertz CT molecular complexity index is 589. The summed E-state index contributed by atoms with van der Waals surface area (Å²) in [6, 6.07) is 3.45. The minimum Gasteiger partial charge on any atom is -0.493 e. The van der Waals surface area contributed by atoms with E-state index >= 15 is 0 Å². The Morgan fingerprint density at radius 1 is 1.65 bits per heavy atom. The van der Waals surface area contributed by atoms with E-state index in [1.165, 1.54) is 11.3 Å². The van der Waals surface area contributed by atoms with Crippen LogP contribution in [0.1, 0.15) is 22.2 Å². The molecule has 0 fully saturated rings. The van der Waals surface area contributed by atoms with Gasteiger partial charge in [-0.05, 0) is 19.1 Å². The summed E-state index contributed by atoms with van der Waals surface area (Å²) in [6.07, 6.45) is 1.70. The number of carbonyl (C=O) groups excluding carboxylic acids is 1. The number of ether oxygens (including phenoxy) is 1. The number of pyridine rings is 1. The molecule has 0 saturated heterocycles. The third-order valence-electron chi connectivity index (χ3n) is 2.20. The van der Waals surface area contributed by atoms with Crippen LogP contribution in [-0.2, 0) is 4.74 Å². The number of hydrogen-bond acceptors (Lipinski definition) is 5. The van der Waals surface area contributed by atoms with E-state index in [9.17, 15) is 9.90 Å². The lowest BCUT2D eigenvalue weighted by molar-refractivity contribution is 0.0522. The quantitative estimate of drug-likeness (QED) is 0.850. The van der Waals surface area contributed by atoms with Crippen molar-refractivity contribution < 1.29 is 14.6 Å². The largest absolute Gasteiger partial charge is 0.493 e. The maximum absolute atomic E-state index is 11.5. The van der Waals surface area contributed by atoms with Gasteiger partial charge >= 0.3 is 5.97 Å². The number of nitrogens with zero attached hydrogens (tertiary/aromatic N) is 1. The zero-order valence-corrected chi connectivity index (χ0v) is 10.1. The topological polar surface area (TPSA) is 59.4 Å². The number of carbonyl (C=O) groups is 1. The van der Waals surface area contributed by atoms with Crippen molar-refractivity contribution in [3.8, 4) is 5.88 Å². The standard InChI is InChI=1S/C12H11NO3S/c1-3-8-5-7-6-9(12(15)16-4-2)10(14)13-11(7)17-8/h3,5-6H,1,4H2,2H3,(H,13,14). The fourth-order valence-corrected chi connectivity index (χ4v) is 2.30. The summed E-state index contributed by atoms with van der Waals surface area (Å²) in [5.41, 5.74) is 0.0905. The molecule has 17 heavy (non-hydrogen) atoms. The van der Waals surface area contributed by atoms with Crippen LogP contribution in [0.3, 0.4) is 0 Å². The molecule has 0 aliphatic heterocycles. The molecule has 2 aromatic heterocycles. The van der Waals surface area contributed by atoms with E-state index in [0.29, 0.717) is 4.83 Å². The van der Waals surface area contributed by atoms with Crippen molar-refractivity contribution in [1.29, 1.82) is 0 Å². The molecule has 0 unspecified atom stereocenters. The van der Waals surface area contributed by atoms with Crippen LogP contribution in [0, 0.1) is 0 Å². The summed E-state index contributed by atoms with van der Waals surface area (Å²) >= 11 is 1.40. The van der Waals surface area contributed by atoms with Crippen molar-refractivity contribution in [3.63, 3.8) is 0 Å². The Hall–Kier alpha value is -1.88. The predicted molar refractivity (Wildman–Crippen MR) is 67.3 cm³/mol. The van der Waals surface area contributed by atoms with E-state index in [1.54, 1.807) is 19.1 Å². The van der Waals surface area contributed by atoms with Crippen LogP contribution in [0.5, 0.6) is 5.88 Å². The highest BCUT2D eigenvalue weighted by molar-refractivity contribution is 7.19. The summed E-state index contributed by atoms with van der Waals surface area (Å²) in [5.74, 6) is -0.862. The van der Waals surface area contributed by atoms with Gasteiger partial charge in [-0.25, -0.2) is 9.78 Å². The van der Waals surface area contributed by atoms with Crippen LogP contribution in [0.4, 0.5) is 0 Å². The van der Waals surface area contributed by atoms with Crippen molar-refractivity contribution in [2.75, 3.05) is 6.61 Å². The maximum atomic E-state index is 11.5. The van der Waals surface area contributed by atoms with E-state index < -0.39 is 5.97 Å². The van der Waals surface area contributed by atoms with Gasteiger partial charge in [0.1, 0.15) is 10.4 Å². The zero-order chi connectivity index (χ0) is 12.4. The molecule has 5 heteroatoms. The summed E-state index contributed by atoms with van der Waals surface area (Å²) in [6.45, 7) is 5.64. The van der Waals surface area contributed by atoms with Gasteiger partial charge < -0.3 is 9.84 Å². The molecule has 4 nitrogen and oxygen atoms in total. The lowest BCUT2D eigenvalue weighted by Crippen LogP contribution is -2.05. The minimum absolute atomic E-state index is 0.0905. The van der Waals surface area contributed by atoms with Crippen molar-refractivity contribution in [2.24, 2.45) is 0 Å². The van der Waals surface area contributed by atoms with Gasteiger partial charge in [-0.15, -0.1) is 11.3 Å². The SMILES string of the molecule is C=Cc1cc2cc(C(=O)OCC)c(O)nc2s1. The Labute approximate surface area is 102 Å². The number of aromatic hydroxyl groups is 1. The second-order valence-corrected chi connectivity index (χ2v) is 4.39. The molecular weight excluding hydrogens is 238 g/mol. The lowest BCUT2D eigenvalue weighted by atomic mass is 10.2. The predicted octanol–water partition coefficient (Wildman–Crippen LogP) is 2.82. The van der Waals surface area contributed by atoms with Crippen LogP contribution in [0.15, 0.2) is 18.7 Å². The Balaban J connectivity index is 2.53. The van der Waals surface area contributed by atoms with E-state index in [1.807, 2.05) is 6.07 Å². The highest BCUT2D eigenvalue weighted by atomic mass is 32.1. The Morgan fingerprint density at radius 3 is 3.06 bits per heavy atom. The molecule has 0 aliphatic carbocycles. The minimum atomic E-state index is -0.564. The molecule has 1 N–H and O–H groups in total. The number of esters is 1. The highest BCUT2D eigenvalue weighted by Crippen LogP contribution is 2.29. The first-order valence-corrected chi connectivity index (χ1v) is 5.90. The van der Waals surface area contributed by atoms with E-state index in [0.717, 1.165) is 10.3 Å². The van der Waals surface area contributed by atoms with Crippen LogP contribution in [0.2, 0.25) is 0 Å². The summed E-state index contributed by atoms with van der Waals surface area (Å²) < 4.78 is 4.84. The van der Waals surface area contributed by atoms with Gasteiger partial charge in [0.2, 0.25) is 5.88 Å². The number of hydrogen-bond donors (Lipinski definition) is 1. The second-order valence-electron chi connectivity index (χ2n) is 3.33. The van der Waals surface area contributed by atoms with Gasteiger partial charge in [0.05, 0.1) is 6.61 Å². The molecule has 2 heterocycles. The molecule has 0 spiro atoms. The first kappa shape index (κ1) is 11.6. The average molecular weight is 249 g/mol. The molecule has 0 radical (unpaired) electrons. The van der Waals surface area contributed by atoms with E-state index in [2.05, 4.69) is 11.6 Å². The van der Waals surface area contributed by atoms with Crippen molar-refractivity contribution in [3.05, 3.63) is 29.2 Å². The second kappa shape index (κ2) is 4.55. The van der Waals surface area contributed by atoms with Crippen LogP contribution in [-0.4, -0.2) is 22.7 Å². The molecule has 88 valence electrons.